The van der Waals surface area contributed by atoms with E-state index in [2.05, 4.69) is 31.2 Å². The first-order valence-corrected chi connectivity index (χ1v) is 7.80. The molecular formula is C17H26N2O2. The largest absolute Gasteiger partial charge is 0.370 e. The number of carbonyl (C=O) groups is 1. The molecule has 2 rings (SSSR count). The van der Waals surface area contributed by atoms with Crippen molar-refractivity contribution in [2.75, 3.05) is 26.2 Å². The fourth-order valence-electron chi connectivity index (χ4n) is 2.68. The lowest BCUT2D eigenvalue weighted by Crippen LogP contribution is -2.53. The summed E-state index contributed by atoms with van der Waals surface area (Å²) in [6.07, 6.45) is -0.0266. The molecule has 2 atom stereocenters. The van der Waals surface area contributed by atoms with Crippen LogP contribution in [0.4, 0.5) is 4.79 Å². The minimum absolute atomic E-state index is 0.0266. The molecule has 1 heterocycles. The third kappa shape index (κ3) is 3.56. The molecule has 2 unspecified atom stereocenters. The van der Waals surface area contributed by atoms with E-state index in [4.69, 9.17) is 4.74 Å². The van der Waals surface area contributed by atoms with E-state index in [0.29, 0.717) is 13.2 Å². The average molecular weight is 290 g/mol. The van der Waals surface area contributed by atoms with Gasteiger partial charge in [0.15, 0.2) is 0 Å². The van der Waals surface area contributed by atoms with Crippen molar-refractivity contribution in [1.82, 2.24) is 9.80 Å². The van der Waals surface area contributed by atoms with Gasteiger partial charge in [-0.05, 0) is 33.3 Å². The molecule has 1 aliphatic heterocycles. The first-order valence-electron chi connectivity index (χ1n) is 7.80. The highest BCUT2D eigenvalue weighted by atomic mass is 16.5. The highest BCUT2D eigenvalue weighted by molar-refractivity contribution is 5.75. The predicted octanol–water partition coefficient (Wildman–Crippen LogP) is 3.22. The van der Waals surface area contributed by atoms with Crippen LogP contribution in [-0.2, 0) is 4.74 Å². The predicted molar refractivity (Wildman–Crippen MR) is 84.4 cm³/mol. The van der Waals surface area contributed by atoms with E-state index in [1.165, 1.54) is 5.56 Å². The Morgan fingerprint density at radius 1 is 1.29 bits per heavy atom. The lowest BCUT2D eigenvalue weighted by Gasteiger charge is -2.40. The molecule has 2 amide bonds. The molecule has 1 fully saturated rings. The van der Waals surface area contributed by atoms with Crippen molar-refractivity contribution >= 4 is 6.03 Å². The molecule has 0 saturated carbocycles. The van der Waals surface area contributed by atoms with E-state index in [-0.39, 0.29) is 18.2 Å². The van der Waals surface area contributed by atoms with Crippen LogP contribution in [0.2, 0.25) is 0 Å². The zero-order valence-electron chi connectivity index (χ0n) is 13.5. The topological polar surface area (TPSA) is 32.8 Å². The molecule has 4 nitrogen and oxygen atoms in total. The summed E-state index contributed by atoms with van der Waals surface area (Å²) in [5.41, 5.74) is 2.38. The van der Waals surface area contributed by atoms with E-state index in [1.807, 2.05) is 30.6 Å². The number of morpholine rings is 1. The molecule has 0 radical (unpaired) electrons. The highest BCUT2D eigenvalue weighted by Crippen LogP contribution is 2.26. The van der Waals surface area contributed by atoms with Crippen molar-refractivity contribution in [2.45, 2.75) is 39.8 Å². The molecule has 1 aromatic rings. The summed E-state index contributed by atoms with van der Waals surface area (Å²) in [6.45, 7) is 10.9. The van der Waals surface area contributed by atoms with Crippen LogP contribution in [0.3, 0.4) is 0 Å². The fourth-order valence-corrected chi connectivity index (χ4v) is 2.68. The minimum atomic E-state index is -0.0266. The van der Waals surface area contributed by atoms with Crippen LogP contribution in [0.15, 0.2) is 24.3 Å². The second-order valence-corrected chi connectivity index (χ2v) is 5.69. The molecule has 0 aliphatic carbocycles. The number of ether oxygens (including phenoxy) is 1. The molecule has 0 aromatic heterocycles. The molecule has 1 aliphatic rings. The van der Waals surface area contributed by atoms with Crippen LogP contribution in [0, 0.1) is 6.92 Å². The van der Waals surface area contributed by atoms with E-state index in [1.54, 1.807) is 0 Å². The van der Waals surface area contributed by atoms with Gasteiger partial charge in [0, 0.05) is 13.1 Å². The third-order valence-corrected chi connectivity index (χ3v) is 4.16. The van der Waals surface area contributed by atoms with E-state index in [9.17, 15) is 4.79 Å². The van der Waals surface area contributed by atoms with Gasteiger partial charge in [0.05, 0.1) is 19.2 Å². The van der Waals surface area contributed by atoms with Crippen LogP contribution in [0.25, 0.3) is 0 Å². The number of hydrogen-bond acceptors (Lipinski definition) is 2. The summed E-state index contributed by atoms with van der Waals surface area (Å²) in [7, 11) is 0. The van der Waals surface area contributed by atoms with Crippen molar-refractivity contribution in [2.24, 2.45) is 0 Å². The first kappa shape index (κ1) is 15.8. The second-order valence-electron chi connectivity index (χ2n) is 5.69. The standard InChI is InChI=1S/C17H26N2O2/c1-5-18(6-2)17(20)19-11-16(21-12-14(19)4)15-9-7-13(3)8-10-15/h7-10,14,16H,5-6,11-12H2,1-4H3. The van der Waals surface area contributed by atoms with Gasteiger partial charge in [-0.1, -0.05) is 29.8 Å². The number of aryl methyl sites for hydroxylation is 1. The monoisotopic (exact) mass is 290 g/mol. The number of amides is 2. The highest BCUT2D eigenvalue weighted by Gasteiger charge is 2.32. The molecule has 21 heavy (non-hydrogen) atoms. The van der Waals surface area contributed by atoms with Gasteiger partial charge in [-0.2, -0.15) is 0 Å². The van der Waals surface area contributed by atoms with Gasteiger partial charge >= 0.3 is 6.03 Å². The zero-order chi connectivity index (χ0) is 15.4. The van der Waals surface area contributed by atoms with Crippen molar-refractivity contribution in [3.05, 3.63) is 35.4 Å². The number of urea groups is 1. The van der Waals surface area contributed by atoms with Crippen molar-refractivity contribution in [3.63, 3.8) is 0 Å². The lowest BCUT2D eigenvalue weighted by molar-refractivity contribution is -0.0474. The Hall–Kier alpha value is -1.55. The van der Waals surface area contributed by atoms with Gasteiger partial charge in [-0.3, -0.25) is 0 Å². The molecule has 4 heteroatoms. The summed E-state index contributed by atoms with van der Waals surface area (Å²) in [4.78, 5) is 16.4. The normalized spacial score (nSPS) is 22.2. The van der Waals surface area contributed by atoms with Gasteiger partial charge in [0.25, 0.3) is 0 Å². The molecule has 1 saturated heterocycles. The maximum atomic E-state index is 12.6. The number of benzene rings is 1. The van der Waals surface area contributed by atoms with Gasteiger partial charge in [0.2, 0.25) is 0 Å². The van der Waals surface area contributed by atoms with Crippen LogP contribution in [0.1, 0.15) is 38.0 Å². The third-order valence-electron chi connectivity index (χ3n) is 4.16. The molecule has 116 valence electrons. The minimum Gasteiger partial charge on any atom is -0.370 e. The van der Waals surface area contributed by atoms with E-state index >= 15 is 0 Å². The van der Waals surface area contributed by atoms with Gasteiger partial charge < -0.3 is 14.5 Å². The molecule has 0 bridgehead atoms. The van der Waals surface area contributed by atoms with Crippen LogP contribution in [-0.4, -0.2) is 48.1 Å². The summed E-state index contributed by atoms with van der Waals surface area (Å²) in [6, 6.07) is 8.61. The maximum absolute atomic E-state index is 12.6. The summed E-state index contributed by atoms with van der Waals surface area (Å²) in [5.74, 6) is 0. The Morgan fingerprint density at radius 2 is 1.90 bits per heavy atom. The SMILES string of the molecule is CCN(CC)C(=O)N1CC(c2ccc(C)cc2)OCC1C. The van der Waals surface area contributed by atoms with Crippen molar-refractivity contribution in [1.29, 1.82) is 0 Å². The van der Waals surface area contributed by atoms with Gasteiger partial charge in [0.1, 0.15) is 6.10 Å². The number of rotatable bonds is 3. The van der Waals surface area contributed by atoms with Crippen molar-refractivity contribution < 1.29 is 9.53 Å². The van der Waals surface area contributed by atoms with Crippen LogP contribution >= 0.6 is 0 Å². The van der Waals surface area contributed by atoms with E-state index in [0.717, 1.165) is 18.7 Å². The van der Waals surface area contributed by atoms with Gasteiger partial charge in [-0.15, -0.1) is 0 Å². The molecule has 0 N–H and O–H groups in total. The maximum Gasteiger partial charge on any atom is 0.320 e. The first-order chi connectivity index (χ1) is 10.1. The quantitative estimate of drug-likeness (QED) is 0.856. The Labute approximate surface area is 127 Å². The molecular weight excluding hydrogens is 264 g/mol. The summed E-state index contributed by atoms with van der Waals surface area (Å²) < 4.78 is 5.93. The number of hydrogen-bond donors (Lipinski definition) is 0. The number of nitrogens with zero attached hydrogens (tertiary/aromatic N) is 2. The molecule has 1 aromatic carbocycles. The second kappa shape index (κ2) is 6.94. The van der Waals surface area contributed by atoms with Crippen molar-refractivity contribution in [3.8, 4) is 0 Å². The fraction of sp³-hybridized carbons (Fsp3) is 0.588. The Kier molecular flexibility index (Phi) is 5.23. The Morgan fingerprint density at radius 3 is 2.48 bits per heavy atom. The average Bonchev–Trinajstić information content (AvgIpc) is 2.50. The number of carbonyl (C=O) groups excluding carboxylic acids is 1. The van der Waals surface area contributed by atoms with Crippen LogP contribution in [0.5, 0.6) is 0 Å². The van der Waals surface area contributed by atoms with Crippen LogP contribution < -0.4 is 0 Å². The smallest absolute Gasteiger partial charge is 0.320 e. The van der Waals surface area contributed by atoms with Gasteiger partial charge in [-0.25, -0.2) is 4.79 Å². The Balaban J connectivity index is 2.12. The zero-order valence-corrected chi connectivity index (χ0v) is 13.5. The summed E-state index contributed by atoms with van der Waals surface area (Å²) in [5, 5.41) is 0. The lowest BCUT2D eigenvalue weighted by atomic mass is 10.0. The van der Waals surface area contributed by atoms with E-state index < -0.39 is 0 Å². The molecule has 0 spiro atoms. The Bertz CT molecular complexity index is 468. The summed E-state index contributed by atoms with van der Waals surface area (Å²) >= 11 is 0.